The van der Waals surface area contributed by atoms with Crippen molar-refractivity contribution in [3.05, 3.63) is 29.3 Å². The van der Waals surface area contributed by atoms with E-state index in [4.69, 9.17) is 4.74 Å². The number of likely N-dealkylation sites (N-methyl/N-ethyl adjacent to an activating group) is 1. The van der Waals surface area contributed by atoms with E-state index in [-0.39, 0.29) is 0 Å². The Kier molecular flexibility index (Phi) is 5.69. The van der Waals surface area contributed by atoms with E-state index in [1.54, 1.807) is 14.0 Å². The molecule has 1 aromatic rings. The van der Waals surface area contributed by atoms with Crippen LogP contribution in [0, 0.1) is 11.6 Å². The Labute approximate surface area is 111 Å². The molecule has 19 heavy (non-hydrogen) atoms. The van der Waals surface area contributed by atoms with Crippen LogP contribution in [-0.2, 0) is 11.3 Å². The third kappa shape index (κ3) is 4.17. The topological polar surface area (TPSA) is 50.4 Å². The molecule has 1 aromatic carbocycles. The Morgan fingerprint density at radius 3 is 2.42 bits per heavy atom. The first kappa shape index (κ1) is 15.4. The molecule has 1 amide bonds. The predicted molar refractivity (Wildman–Crippen MR) is 67.9 cm³/mol. The van der Waals surface area contributed by atoms with Crippen LogP contribution in [0.2, 0.25) is 0 Å². The largest absolute Gasteiger partial charge is 0.475 e. The highest BCUT2D eigenvalue weighted by atomic mass is 19.1. The lowest BCUT2D eigenvalue weighted by molar-refractivity contribution is -0.127. The van der Waals surface area contributed by atoms with E-state index >= 15 is 0 Å². The number of nitrogens with one attached hydrogen (secondary N) is 2. The first-order chi connectivity index (χ1) is 8.99. The summed E-state index contributed by atoms with van der Waals surface area (Å²) in [6.07, 6.45) is -0.959. The Morgan fingerprint density at radius 2 is 1.95 bits per heavy atom. The second-order valence-corrected chi connectivity index (χ2v) is 4.07. The van der Waals surface area contributed by atoms with Gasteiger partial charge in [0.25, 0.3) is 5.91 Å². The van der Waals surface area contributed by atoms with Gasteiger partial charge in [0, 0.05) is 13.1 Å². The number of rotatable bonds is 6. The van der Waals surface area contributed by atoms with Gasteiger partial charge in [0.15, 0.2) is 23.5 Å². The van der Waals surface area contributed by atoms with Gasteiger partial charge in [-0.15, -0.1) is 0 Å². The van der Waals surface area contributed by atoms with E-state index in [0.29, 0.717) is 18.7 Å². The van der Waals surface area contributed by atoms with Gasteiger partial charge in [-0.2, -0.15) is 0 Å². The summed E-state index contributed by atoms with van der Waals surface area (Å²) < 4.78 is 32.5. The molecule has 0 fully saturated rings. The van der Waals surface area contributed by atoms with E-state index in [9.17, 15) is 13.6 Å². The zero-order valence-electron chi connectivity index (χ0n) is 11.2. The number of hydrogen-bond donors (Lipinski definition) is 2. The van der Waals surface area contributed by atoms with Crippen molar-refractivity contribution in [3.8, 4) is 5.75 Å². The second-order valence-electron chi connectivity index (χ2n) is 4.07. The number of amides is 1. The summed E-state index contributed by atoms with van der Waals surface area (Å²) in [6.45, 7) is 3.96. The van der Waals surface area contributed by atoms with Crippen LogP contribution in [0.3, 0.4) is 0 Å². The summed E-state index contributed by atoms with van der Waals surface area (Å²) in [6, 6.07) is 2.36. The molecule has 0 aliphatic heterocycles. The summed E-state index contributed by atoms with van der Waals surface area (Å²) in [4.78, 5) is 11.4. The fourth-order valence-corrected chi connectivity index (χ4v) is 1.58. The Balaban J connectivity index is 2.86. The van der Waals surface area contributed by atoms with Gasteiger partial charge >= 0.3 is 0 Å². The van der Waals surface area contributed by atoms with Gasteiger partial charge in [0.05, 0.1) is 0 Å². The molecule has 0 bridgehead atoms. The number of benzene rings is 1. The van der Waals surface area contributed by atoms with Gasteiger partial charge in [-0.3, -0.25) is 4.79 Å². The van der Waals surface area contributed by atoms with E-state index in [1.807, 2.05) is 0 Å². The van der Waals surface area contributed by atoms with Crippen molar-refractivity contribution in [2.45, 2.75) is 26.5 Å². The average Bonchev–Trinajstić information content (AvgIpc) is 2.34. The Hall–Kier alpha value is -1.69. The lowest BCUT2D eigenvalue weighted by Gasteiger charge is -2.15. The highest BCUT2D eigenvalue weighted by Crippen LogP contribution is 2.24. The Morgan fingerprint density at radius 1 is 1.37 bits per heavy atom. The van der Waals surface area contributed by atoms with Crippen LogP contribution >= 0.6 is 0 Å². The van der Waals surface area contributed by atoms with Crippen LogP contribution in [0.25, 0.3) is 0 Å². The molecule has 1 unspecified atom stereocenters. The molecule has 0 aliphatic rings. The highest BCUT2D eigenvalue weighted by Gasteiger charge is 2.19. The van der Waals surface area contributed by atoms with Gasteiger partial charge in [-0.1, -0.05) is 0 Å². The second kappa shape index (κ2) is 7.04. The standard InChI is InChI=1S/C13H18F2N2O2/c1-4-17-13(18)8(2)19-12-10(14)5-9(7-16-3)6-11(12)15/h5-6,8,16H,4,7H2,1-3H3,(H,17,18). The fourth-order valence-electron chi connectivity index (χ4n) is 1.58. The smallest absolute Gasteiger partial charge is 0.260 e. The highest BCUT2D eigenvalue weighted by molar-refractivity contribution is 5.80. The molecule has 0 saturated heterocycles. The van der Waals surface area contributed by atoms with E-state index in [2.05, 4.69) is 10.6 Å². The van der Waals surface area contributed by atoms with E-state index < -0.39 is 29.4 Å². The van der Waals surface area contributed by atoms with Crippen LogP contribution in [0.4, 0.5) is 8.78 Å². The van der Waals surface area contributed by atoms with Gasteiger partial charge < -0.3 is 15.4 Å². The minimum absolute atomic E-state index is 0.347. The number of carbonyl (C=O) groups excluding carboxylic acids is 1. The van der Waals surface area contributed by atoms with Crippen molar-refractivity contribution in [3.63, 3.8) is 0 Å². The Bertz CT molecular complexity index is 429. The van der Waals surface area contributed by atoms with Gasteiger partial charge in [-0.05, 0) is 38.6 Å². The minimum Gasteiger partial charge on any atom is -0.475 e. The molecule has 0 spiro atoms. The predicted octanol–water partition coefficient (Wildman–Crippen LogP) is 1.59. The molecule has 0 radical (unpaired) electrons. The monoisotopic (exact) mass is 272 g/mol. The van der Waals surface area contributed by atoms with Crippen molar-refractivity contribution in [2.24, 2.45) is 0 Å². The van der Waals surface area contributed by atoms with Gasteiger partial charge in [0.1, 0.15) is 0 Å². The molecule has 0 saturated carbocycles. The van der Waals surface area contributed by atoms with Crippen LogP contribution in [0.5, 0.6) is 5.75 Å². The summed E-state index contributed by atoms with van der Waals surface area (Å²) in [5.41, 5.74) is 0.468. The average molecular weight is 272 g/mol. The molecule has 6 heteroatoms. The zero-order chi connectivity index (χ0) is 14.4. The molecular weight excluding hydrogens is 254 g/mol. The molecule has 1 rings (SSSR count). The van der Waals surface area contributed by atoms with Crippen molar-refractivity contribution in [1.82, 2.24) is 10.6 Å². The lowest BCUT2D eigenvalue weighted by atomic mass is 10.2. The maximum atomic E-state index is 13.7. The fraction of sp³-hybridized carbons (Fsp3) is 0.462. The molecule has 0 heterocycles. The normalized spacial score (nSPS) is 12.1. The van der Waals surface area contributed by atoms with Crippen molar-refractivity contribution in [2.75, 3.05) is 13.6 Å². The van der Waals surface area contributed by atoms with Crippen molar-refractivity contribution in [1.29, 1.82) is 0 Å². The molecule has 4 nitrogen and oxygen atoms in total. The quantitative estimate of drug-likeness (QED) is 0.827. The van der Waals surface area contributed by atoms with Gasteiger partial charge in [-0.25, -0.2) is 8.78 Å². The first-order valence-electron chi connectivity index (χ1n) is 6.06. The van der Waals surface area contributed by atoms with Crippen LogP contribution in [0.15, 0.2) is 12.1 Å². The number of ether oxygens (including phenoxy) is 1. The molecule has 2 N–H and O–H groups in total. The SMILES string of the molecule is CCNC(=O)C(C)Oc1c(F)cc(CNC)cc1F. The van der Waals surface area contributed by atoms with E-state index in [1.165, 1.54) is 19.1 Å². The third-order valence-electron chi connectivity index (χ3n) is 2.45. The summed E-state index contributed by atoms with van der Waals surface area (Å²) in [5, 5.41) is 5.31. The molecule has 106 valence electrons. The van der Waals surface area contributed by atoms with Crippen LogP contribution < -0.4 is 15.4 Å². The van der Waals surface area contributed by atoms with Crippen LogP contribution in [-0.4, -0.2) is 25.6 Å². The molecular formula is C13H18F2N2O2. The summed E-state index contributed by atoms with van der Waals surface area (Å²) in [7, 11) is 1.68. The molecule has 1 atom stereocenters. The van der Waals surface area contributed by atoms with Crippen molar-refractivity contribution < 1.29 is 18.3 Å². The third-order valence-corrected chi connectivity index (χ3v) is 2.45. The number of halogens is 2. The van der Waals surface area contributed by atoms with Gasteiger partial charge in [0.2, 0.25) is 0 Å². The summed E-state index contributed by atoms with van der Waals surface area (Å²) >= 11 is 0. The molecule has 0 aromatic heterocycles. The van der Waals surface area contributed by atoms with E-state index in [0.717, 1.165) is 0 Å². The maximum absolute atomic E-state index is 13.7. The number of carbonyl (C=O) groups is 1. The lowest BCUT2D eigenvalue weighted by Crippen LogP contribution is -2.36. The summed E-state index contributed by atoms with van der Waals surface area (Å²) in [5.74, 6) is -2.58. The maximum Gasteiger partial charge on any atom is 0.260 e. The number of hydrogen-bond acceptors (Lipinski definition) is 3. The first-order valence-corrected chi connectivity index (χ1v) is 6.06. The molecule has 0 aliphatic carbocycles. The van der Waals surface area contributed by atoms with Crippen LogP contribution in [0.1, 0.15) is 19.4 Å². The zero-order valence-corrected chi connectivity index (χ0v) is 11.2. The minimum atomic E-state index is -0.959. The van der Waals surface area contributed by atoms with Crippen molar-refractivity contribution >= 4 is 5.91 Å².